The smallest absolute Gasteiger partial charge is 0.167 e. The van der Waals surface area contributed by atoms with Gasteiger partial charge in [0.15, 0.2) is 6.29 Å². The molecule has 1 atom stereocenters. The Morgan fingerprint density at radius 1 is 0.840 bits per heavy atom. The highest BCUT2D eigenvalue weighted by atomic mass is 16.6. The molecular formula is C17H36N4O4. The van der Waals surface area contributed by atoms with Crippen LogP contribution in [0.15, 0.2) is 0 Å². The van der Waals surface area contributed by atoms with Crippen LogP contribution in [0.4, 0.5) is 0 Å². The van der Waals surface area contributed by atoms with E-state index < -0.39 is 6.29 Å². The molecule has 2 aliphatic heterocycles. The Bertz CT molecular complexity index is 313. The average Bonchev–Trinajstić information content (AvgIpc) is 2.66. The molecule has 2 rings (SSSR count). The molecule has 0 bridgehead atoms. The van der Waals surface area contributed by atoms with Gasteiger partial charge in [0.05, 0.1) is 33.0 Å². The van der Waals surface area contributed by atoms with Crippen molar-refractivity contribution in [2.24, 2.45) is 0 Å². The number of hydrogen-bond acceptors (Lipinski definition) is 8. The first-order valence-corrected chi connectivity index (χ1v) is 9.66. The molecule has 2 saturated heterocycles. The molecule has 0 amide bonds. The predicted molar refractivity (Wildman–Crippen MR) is 96.8 cm³/mol. The van der Waals surface area contributed by atoms with E-state index >= 15 is 0 Å². The Balaban J connectivity index is 1.31. The molecule has 0 aromatic rings. The summed E-state index contributed by atoms with van der Waals surface area (Å²) < 4.78 is 16.1. The highest BCUT2D eigenvalue weighted by molar-refractivity contribution is 4.64. The number of rotatable bonds is 13. The van der Waals surface area contributed by atoms with E-state index in [1.165, 1.54) is 0 Å². The van der Waals surface area contributed by atoms with E-state index in [0.29, 0.717) is 13.2 Å². The zero-order chi connectivity index (χ0) is 17.6. The highest BCUT2D eigenvalue weighted by Gasteiger charge is 2.10. The zero-order valence-corrected chi connectivity index (χ0v) is 15.5. The van der Waals surface area contributed by atoms with Gasteiger partial charge in [-0.1, -0.05) is 0 Å². The first-order valence-electron chi connectivity index (χ1n) is 9.66. The van der Waals surface area contributed by atoms with E-state index in [4.69, 9.17) is 14.2 Å². The molecule has 8 nitrogen and oxygen atoms in total. The van der Waals surface area contributed by atoms with Gasteiger partial charge in [0.2, 0.25) is 0 Å². The van der Waals surface area contributed by atoms with Gasteiger partial charge >= 0.3 is 0 Å². The van der Waals surface area contributed by atoms with Gasteiger partial charge in [-0.2, -0.15) is 0 Å². The summed E-state index contributed by atoms with van der Waals surface area (Å²) in [6.07, 6.45) is 0.187. The third-order valence-electron chi connectivity index (χ3n) is 4.54. The van der Waals surface area contributed by atoms with Gasteiger partial charge in [0, 0.05) is 58.9 Å². The van der Waals surface area contributed by atoms with Crippen LogP contribution in [0.25, 0.3) is 0 Å². The molecule has 3 N–H and O–H groups in total. The lowest BCUT2D eigenvalue weighted by Gasteiger charge is -2.26. The lowest BCUT2D eigenvalue weighted by molar-refractivity contribution is -0.0964. The van der Waals surface area contributed by atoms with Crippen molar-refractivity contribution in [2.45, 2.75) is 12.7 Å². The maximum absolute atomic E-state index is 9.80. The SMILES string of the molecule is OC(CNCCN1CCOCC1)OCCCNCCN1CCOCC1. The van der Waals surface area contributed by atoms with Crippen LogP contribution in [0.5, 0.6) is 0 Å². The average molecular weight is 360 g/mol. The lowest BCUT2D eigenvalue weighted by Crippen LogP contribution is -2.41. The largest absolute Gasteiger partial charge is 0.379 e. The molecule has 2 aliphatic rings. The summed E-state index contributed by atoms with van der Waals surface area (Å²) in [7, 11) is 0. The first kappa shape index (κ1) is 21.0. The van der Waals surface area contributed by atoms with Crippen LogP contribution >= 0.6 is 0 Å². The van der Waals surface area contributed by atoms with E-state index in [2.05, 4.69) is 20.4 Å². The number of nitrogens with one attached hydrogen (secondary N) is 2. The third kappa shape index (κ3) is 10.4. The lowest BCUT2D eigenvalue weighted by atomic mass is 10.4. The molecule has 0 radical (unpaired) electrons. The Labute approximate surface area is 151 Å². The van der Waals surface area contributed by atoms with Crippen LogP contribution in [0, 0.1) is 0 Å². The molecule has 148 valence electrons. The second-order valence-electron chi connectivity index (χ2n) is 6.54. The van der Waals surface area contributed by atoms with Crippen molar-refractivity contribution in [3.63, 3.8) is 0 Å². The fourth-order valence-corrected chi connectivity index (χ4v) is 2.95. The monoisotopic (exact) mass is 360 g/mol. The van der Waals surface area contributed by atoms with Crippen molar-refractivity contribution >= 4 is 0 Å². The quantitative estimate of drug-likeness (QED) is 0.272. The number of aliphatic hydroxyl groups excluding tert-OH is 1. The van der Waals surface area contributed by atoms with Gasteiger partial charge in [-0.3, -0.25) is 9.80 Å². The van der Waals surface area contributed by atoms with Crippen molar-refractivity contribution in [1.82, 2.24) is 20.4 Å². The summed E-state index contributed by atoms with van der Waals surface area (Å²) in [6.45, 7) is 13.3. The maximum Gasteiger partial charge on any atom is 0.167 e. The van der Waals surface area contributed by atoms with E-state index in [0.717, 1.165) is 91.8 Å². The van der Waals surface area contributed by atoms with Gasteiger partial charge < -0.3 is 30.0 Å². The normalized spacial score (nSPS) is 21.5. The van der Waals surface area contributed by atoms with Crippen molar-refractivity contribution in [1.29, 1.82) is 0 Å². The summed E-state index contributed by atoms with van der Waals surface area (Å²) in [5, 5.41) is 16.5. The standard InChI is InChI=1S/C17H36N4O4/c22-17(16-19-4-6-21-9-14-24-15-10-21)25-11-1-2-18-3-5-20-7-12-23-13-8-20/h17-19,22H,1-16H2. The Morgan fingerprint density at radius 3 is 2.00 bits per heavy atom. The van der Waals surface area contributed by atoms with Gasteiger partial charge in [-0.25, -0.2) is 0 Å². The molecule has 0 aliphatic carbocycles. The third-order valence-corrected chi connectivity index (χ3v) is 4.54. The molecule has 0 aromatic heterocycles. The van der Waals surface area contributed by atoms with Gasteiger partial charge in [-0.15, -0.1) is 0 Å². The molecule has 0 aromatic carbocycles. The molecule has 8 heteroatoms. The molecule has 2 fully saturated rings. The minimum Gasteiger partial charge on any atom is -0.379 e. The van der Waals surface area contributed by atoms with Crippen molar-refractivity contribution < 1.29 is 19.3 Å². The highest BCUT2D eigenvalue weighted by Crippen LogP contribution is 1.96. The van der Waals surface area contributed by atoms with Crippen LogP contribution in [0.3, 0.4) is 0 Å². The molecule has 0 spiro atoms. The van der Waals surface area contributed by atoms with Crippen LogP contribution in [-0.4, -0.2) is 120 Å². The Morgan fingerprint density at radius 2 is 1.40 bits per heavy atom. The number of aliphatic hydroxyl groups is 1. The minimum absolute atomic E-state index is 0.481. The van der Waals surface area contributed by atoms with Gasteiger partial charge in [0.1, 0.15) is 0 Å². The number of hydrogen-bond donors (Lipinski definition) is 3. The summed E-state index contributed by atoms with van der Waals surface area (Å²) in [6, 6.07) is 0. The number of morpholine rings is 2. The summed E-state index contributed by atoms with van der Waals surface area (Å²) >= 11 is 0. The van der Waals surface area contributed by atoms with E-state index in [-0.39, 0.29) is 0 Å². The fourth-order valence-electron chi connectivity index (χ4n) is 2.95. The van der Waals surface area contributed by atoms with E-state index in [1.54, 1.807) is 0 Å². The topological polar surface area (TPSA) is 78.5 Å². The van der Waals surface area contributed by atoms with Crippen LogP contribution in [0.1, 0.15) is 6.42 Å². The van der Waals surface area contributed by atoms with Crippen LogP contribution in [0.2, 0.25) is 0 Å². The summed E-state index contributed by atoms with van der Waals surface area (Å²) in [4.78, 5) is 4.78. The minimum atomic E-state index is -0.724. The van der Waals surface area contributed by atoms with E-state index in [1.807, 2.05) is 0 Å². The van der Waals surface area contributed by atoms with Gasteiger partial charge in [-0.05, 0) is 13.0 Å². The number of ether oxygens (including phenoxy) is 3. The van der Waals surface area contributed by atoms with Crippen molar-refractivity contribution in [3.05, 3.63) is 0 Å². The molecule has 1 unspecified atom stereocenters. The molecule has 0 saturated carbocycles. The predicted octanol–water partition coefficient (Wildman–Crippen LogP) is -1.44. The Hall–Kier alpha value is -0.320. The Kier molecular flexibility index (Phi) is 11.6. The van der Waals surface area contributed by atoms with Gasteiger partial charge in [0.25, 0.3) is 0 Å². The van der Waals surface area contributed by atoms with Crippen LogP contribution in [-0.2, 0) is 14.2 Å². The second kappa shape index (κ2) is 13.8. The zero-order valence-electron chi connectivity index (χ0n) is 15.5. The van der Waals surface area contributed by atoms with Crippen LogP contribution < -0.4 is 10.6 Å². The molecular weight excluding hydrogens is 324 g/mol. The van der Waals surface area contributed by atoms with Crippen molar-refractivity contribution in [2.75, 3.05) is 98.5 Å². The maximum atomic E-state index is 9.80. The van der Waals surface area contributed by atoms with E-state index in [9.17, 15) is 5.11 Å². The fraction of sp³-hybridized carbons (Fsp3) is 1.00. The molecule has 25 heavy (non-hydrogen) atoms. The molecule has 2 heterocycles. The summed E-state index contributed by atoms with van der Waals surface area (Å²) in [5.41, 5.74) is 0. The summed E-state index contributed by atoms with van der Waals surface area (Å²) in [5.74, 6) is 0. The first-order chi connectivity index (χ1) is 12.3. The van der Waals surface area contributed by atoms with Crippen molar-refractivity contribution in [3.8, 4) is 0 Å². The number of nitrogens with zero attached hydrogens (tertiary/aromatic N) is 2. The second-order valence-corrected chi connectivity index (χ2v) is 6.54.